The number of halogens is 2. The smallest absolute Gasteiger partial charge is 0.264 e. The number of hydrogen-bond acceptors (Lipinski definition) is 4. The number of methoxy groups -OCH3 is 1. The maximum Gasteiger partial charge on any atom is 0.264 e. The van der Waals surface area contributed by atoms with Crippen molar-refractivity contribution in [2.24, 2.45) is 0 Å². The zero-order valence-corrected chi connectivity index (χ0v) is 13.4. The minimum Gasteiger partial charge on any atom is -0.385 e. The summed E-state index contributed by atoms with van der Waals surface area (Å²) < 4.78 is 41.2. The van der Waals surface area contributed by atoms with Gasteiger partial charge in [0.1, 0.15) is 10.7 Å². The molecule has 0 spiro atoms. The summed E-state index contributed by atoms with van der Waals surface area (Å²) in [6, 6.07) is 2.22. The molecule has 1 N–H and O–H groups in total. The number of ether oxygens (including phenoxy) is 1. The van der Waals surface area contributed by atoms with Crippen LogP contribution in [-0.4, -0.2) is 34.6 Å². The average molecular weight is 338 g/mol. The van der Waals surface area contributed by atoms with Crippen molar-refractivity contribution in [3.63, 3.8) is 0 Å². The monoisotopic (exact) mass is 337 g/mol. The van der Waals surface area contributed by atoms with Crippen molar-refractivity contribution in [3.05, 3.63) is 29.1 Å². The Bertz CT molecular complexity index is 619. The van der Waals surface area contributed by atoms with Gasteiger partial charge in [0.2, 0.25) is 0 Å². The van der Waals surface area contributed by atoms with Gasteiger partial charge in [0.15, 0.2) is 0 Å². The van der Waals surface area contributed by atoms with E-state index in [2.05, 4.69) is 5.32 Å². The van der Waals surface area contributed by atoms with Crippen LogP contribution in [0.3, 0.4) is 0 Å². The Morgan fingerprint density at radius 2 is 2.05 bits per heavy atom. The average Bonchev–Trinajstić information content (AvgIpc) is 2.39. The number of carbonyl (C=O) groups excluding carboxylic acids is 1. The van der Waals surface area contributed by atoms with E-state index in [0.717, 1.165) is 18.9 Å². The Morgan fingerprint density at radius 1 is 1.38 bits per heavy atom. The lowest BCUT2D eigenvalue weighted by Crippen LogP contribution is -2.25. The summed E-state index contributed by atoms with van der Waals surface area (Å²) in [5, 5.41) is 2.63. The van der Waals surface area contributed by atoms with Gasteiger partial charge in [-0.05, 0) is 37.5 Å². The highest BCUT2D eigenvalue weighted by Gasteiger charge is 2.21. The third-order valence-corrected chi connectivity index (χ3v) is 4.13. The molecule has 0 saturated heterocycles. The minimum absolute atomic E-state index is 0.0428. The number of benzene rings is 1. The molecule has 1 aromatic carbocycles. The third-order valence-electron chi connectivity index (χ3n) is 2.81. The molecule has 21 heavy (non-hydrogen) atoms. The maximum atomic E-state index is 13.7. The van der Waals surface area contributed by atoms with Gasteiger partial charge >= 0.3 is 0 Å². The predicted octanol–water partition coefficient (Wildman–Crippen LogP) is 2.22. The maximum absolute atomic E-state index is 13.7. The van der Waals surface area contributed by atoms with Crippen LogP contribution in [0.2, 0.25) is 0 Å². The predicted molar refractivity (Wildman–Crippen MR) is 77.6 cm³/mol. The zero-order chi connectivity index (χ0) is 16.0. The van der Waals surface area contributed by atoms with E-state index in [4.69, 9.17) is 15.4 Å². The number of amides is 1. The highest BCUT2D eigenvalue weighted by atomic mass is 35.7. The van der Waals surface area contributed by atoms with Crippen LogP contribution < -0.4 is 5.32 Å². The summed E-state index contributed by atoms with van der Waals surface area (Å²) in [6.45, 7) is 2.39. The third kappa shape index (κ3) is 5.26. The van der Waals surface area contributed by atoms with Gasteiger partial charge in [0, 0.05) is 36.5 Å². The second kappa shape index (κ2) is 7.72. The van der Waals surface area contributed by atoms with E-state index in [1.54, 1.807) is 7.11 Å². The van der Waals surface area contributed by atoms with Crippen molar-refractivity contribution in [2.75, 3.05) is 20.3 Å². The van der Waals surface area contributed by atoms with Crippen LogP contribution >= 0.6 is 10.7 Å². The van der Waals surface area contributed by atoms with Crippen LogP contribution in [0.15, 0.2) is 17.0 Å². The molecule has 0 fully saturated rings. The van der Waals surface area contributed by atoms with E-state index < -0.39 is 25.7 Å². The SMILES string of the molecule is COCCCCNC(=O)c1cc(C)c(F)c(S(=O)(=O)Cl)c1. The fourth-order valence-corrected chi connectivity index (χ4v) is 2.70. The Labute approximate surface area is 127 Å². The Kier molecular flexibility index (Phi) is 6.57. The van der Waals surface area contributed by atoms with Crippen molar-refractivity contribution in [1.82, 2.24) is 5.32 Å². The topological polar surface area (TPSA) is 72.5 Å². The van der Waals surface area contributed by atoms with Crippen molar-refractivity contribution in [1.29, 1.82) is 0 Å². The molecule has 1 rings (SSSR count). The Balaban J connectivity index is 2.84. The summed E-state index contributed by atoms with van der Waals surface area (Å²) in [4.78, 5) is 11.2. The molecule has 0 unspecified atom stereocenters. The lowest BCUT2D eigenvalue weighted by atomic mass is 10.1. The molecular formula is C13H17ClFNO4S. The van der Waals surface area contributed by atoms with Gasteiger partial charge in [-0.25, -0.2) is 12.8 Å². The van der Waals surface area contributed by atoms with Gasteiger partial charge in [0.25, 0.3) is 15.0 Å². The number of unbranched alkanes of at least 4 members (excludes halogenated alkanes) is 1. The van der Waals surface area contributed by atoms with Crippen molar-refractivity contribution in [3.8, 4) is 0 Å². The lowest BCUT2D eigenvalue weighted by Gasteiger charge is -2.08. The van der Waals surface area contributed by atoms with Crippen LogP contribution in [0.5, 0.6) is 0 Å². The molecule has 118 valence electrons. The van der Waals surface area contributed by atoms with Gasteiger partial charge in [-0.1, -0.05) is 0 Å². The van der Waals surface area contributed by atoms with Crippen LogP contribution in [0.25, 0.3) is 0 Å². The van der Waals surface area contributed by atoms with Crippen LogP contribution in [0.4, 0.5) is 4.39 Å². The number of hydrogen-bond donors (Lipinski definition) is 1. The number of rotatable bonds is 7. The lowest BCUT2D eigenvalue weighted by molar-refractivity contribution is 0.0951. The quantitative estimate of drug-likeness (QED) is 0.611. The van der Waals surface area contributed by atoms with Gasteiger partial charge < -0.3 is 10.1 Å². The van der Waals surface area contributed by atoms with E-state index in [1.165, 1.54) is 13.0 Å². The van der Waals surface area contributed by atoms with Gasteiger partial charge in [0.05, 0.1) is 0 Å². The highest BCUT2D eigenvalue weighted by Crippen LogP contribution is 2.23. The summed E-state index contributed by atoms with van der Waals surface area (Å²) in [5.41, 5.74) is 0.0983. The number of carbonyl (C=O) groups is 1. The molecular weight excluding hydrogens is 321 g/mol. The zero-order valence-electron chi connectivity index (χ0n) is 11.8. The first-order valence-corrected chi connectivity index (χ1v) is 8.60. The minimum atomic E-state index is -4.24. The molecule has 5 nitrogen and oxygen atoms in total. The fourth-order valence-electron chi connectivity index (χ4n) is 1.72. The van der Waals surface area contributed by atoms with Gasteiger partial charge in [-0.15, -0.1) is 0 Å². The molecule has 0 saturated carbocycles. The molecule has 1 amide bonds. The van der Waals surface area contributed by atoms with Crippen molar-refractivity contribution in [2.45, 2.75) is 24.7 Å². The Morgan fingerprint density at radius 3 is 2.62 bits per heavy atom. The molecule has 0 aliphatic rings. The first-order chi connectivity index (χ1) is 9.77. The molecule has 0 atom stereocenters. The molecule has 8 heteroatoms. The molecule has 0 radical (unpaired) electrons. The van der Waals surface area contributed by atoms with Crippen molar-refractivity contribution >= 4 is 25.6 Å². The van der Waals surface area contributed by atoms with Crippen LogP contribution in [0, 0.1) is 12.7 Å². The van der Waals surface area contributed by atoms with Crippen molar-refractivity contribution < 1.29 is 22.3 Å². The van der Waals surface area contributed by atoms with Crippen LogP contribution in [-0.2, 0) is 13.8 Å². The number of aryl methyl sites for hydroxylation is 1. The first kappa shape index (κ1) is 17.9. The summed E-state index contributed by atoms with van der Waals surface area (Å²) in [5.74, 6) is -1.42. The second-order valence-electron chi connectivity index (χ2n) is 4.50. The second-order valence-corrected chi connectivity index (χ2v) is 7.03. The standard InChI is InChI=1S/C13H17ClFNO4S/c1-9-7-10(8-11(12(9)15)21(14,18)19)13(17)16-5-3-4-6-20-2/h7-8H,3-6H2,1-2H3,(H,16,17). The molecule has 0 aliphatic carbocycles. The summed E-state index contributed by atoms with van der Waals surface area (Å²) in [6.07, 6.45) is 1.51. The van der Waals surface area contributed by atoms with E-state index in [0.29, 0.717) is 13.2 Å². The fraction of sp³-hybridized carbons (Fsp3) is 0.462. The van der Waals surface area contributed by atoms with E-state index in [9.17, 15) is 17.6 Å². The molecule has 0 aromatic heterocycles. The summed E-state index contributed by atoms with van der Waals surface area (Å²) in [7, 11) is 2.51. The largest absolute Gasteiger partial charge is 0.385 e. The molecule has 0 aliphatic heterocycles. The van der Waals surface area contributed by atoms with E-state index in [-0.39, 0.29) is 11.1 Å². The number of nitrogens with one attached hydrogen (secondary N) is 1. The normalized spacial score (nSPS) is 11.4. The molecule has 0 bridgehead atoms. The van der Waals surface area contributed by atoms with Crippen LogP contribution in [0.1, 0.15) is 28.8 Å². The molecule has 1 aromatic rings. The van der Waals surface area contributed by atoms with E-state index in [1.807, 2.05) is 0 Å². The first-order valence-electron chi connectivity index (χ1n) is 6.29. The molecule has 0 heterocycles. The van der Waals surface area contributed by atoms with E-state index >= 15 is 0 Å². The highest BCUT2D eigenvalue weighted by molar-refractivity contribution is 8.13. The Hall–Kier alpha value is -1.18. The van der Waals surface area contributed by atoms with Gasteiger partial charge in [-0.2, -0.15) is 0 Å². The summed E-state index contributed by atoms with van der Waals surface area (Å²) >= 11 is 0. The van der Waals surface area contributed by atoms with Gasteiger partial charge in [-0.3, -0.25) is 4.79 Å².